The topological polar surface area (TPSA) is 75.3 Å². The van der Waals surface area contributed by atoms with E-state index in [9.17, 15) is 9.59 Å². The van der Waals surface area contributed by atoms with Crippen molar-refractivity contribution in [3.05, 3.63) is 12.0 Å². The highest BCUT2D eigenvalue weighted by molar-refractivity contribution is 5.86. The highest BCUT2D eigenvalue weighted by atomic mass is 16.6. The molecule has 0 aromatic carbocycles. The zero-order valence-corrected chi connectivity index (χ0v) is 9.77. The van der Waals surface area contributed by atoms with Crippen molar-refractivity contribution in [1.82, 2.24) is 9.97 Å². The number of H-pyrrole nitrogens is 1. The molecule has 0 unspecified atom stereocenters. The molecule has 16 heavy (non-hydrogen) atoms. The van der Waals surface area contributed by atoms with Gasteiger partial charge in [-0.25, -0.2) is 9.78 Å². The van der Waals surface area contributed by atoms with Crippen LogP contribution < -0.4 is 4.90 Å². The molecular formula is C10H15N3O3. The second-order valence-electron chi connectivity index (χ2n) is 4.30. The summed E-state index contributed by atoms with van der Waals surface area (Å²) in [6.45, 7) is 5.33. The molecule has 1 rings (SSSR count). The normalized spacial score (nSPS) is 11.0. The summed E-state index contributed by atoms with van der Waals surface area (Å²) in [4.78, 5) is 29.8. The standard InChI is InChI=1S/C10H15N3O3/c1-10(2,3)16-9(15)13(4)8-5-11-7(6-14)12-8/h5-6H,1-4H3,(H,11,12). The first-order valence-electron chi connectivity index (χ1n) is 4.81. The number of imidazole rings is 1. The maximum absolute atomic E-state index is 11.6. The molecule has 1 heterocycles. The van der Waals surface area contributed by atoms with E-state index in [0.29, 0.717) is 12.1 Å². The van der Waals surface area contributed by atoms with Crippen LogP contribution >= 0.6 is 0 Å². The number of hydrogen-bond acceptors (Lipinski definition) is 4. The van der Waals surface area contributed by atoms with Gasteiger partial charge in [0.05, 0.1) is 0 Å². The molecule has 0 atom stereocenters. The first-order chi connectivity index (χ1) is 7.33. The van der Waals surface area contributed by atoms with E-state index < -0.39 is 11.7 Å². The average Bonchev–Trinajstić information content (AvgIpc) is 2.61. The van der Waals surface area contributed by atoms with Gasteiger partial charge in [-0.3, -0.25) is 9.69 Å². The van der Waals surface area contributed by atoms with Gasteiger partial charge in [-0.05, 0) is 20.8 Å². The van der Waals surface area contributed by atoms with Gasteiger partial charge in [0.15, 0.2) is 17.9 Å². The van der Waals surface area contributed by atoms with Crippen LogP contribution in [0.5, 0.6) is 0 Å². The van der Waals surface area contributed by atoms with E-state index >= 15 is 0 Å². The number of anilines is 1. The summed E-state index contributed by atoms with van der Waals surface area (Å²) in [6.07, 6.45) is 1.52. The van der Waals surface area contributed by atoms with Crippen LogP contribution in [0.25, 0.3) is 0 Å². The highest BCUT2D eigenvalue weighted by Gasteiger charge is 2.21. The van der Waals surface area contributed by atoms with Crippen molar-refractivity contribution in [3.63, 3.8) is 0 Å². The van der Waals surface area contributed by atoms with Crippen molar-refractivity contribution in [2.75, 3.05) is 11.9 Å². The summed E-state index contributed by atoms with van der Waals surface area (Å²) >= 11 is 0. The first-order valence-corrected chi connectivity index (χ1v) is 4.81. The van der Waals surface area contributed by atoms with Crippen LogP contribution in [0.3, 0.4) is 0 Å². The summed E-state index contributed by atoms with van der Waals surface area (Å²) in [5, 5.41) is 0. The molecule has 0 fully saturated rings. The number of aromatic nitrogens is 2. The number of hydrogen-bond donors (Lipinski definition) is 1. The Morgan fingerprint density at radius 2 is 2.19 bits per heavy atom. The first kappa shape index (κ1) is 12.2. The SMILES string of the molecule is CN(C(=O)OC(C)(C)C)c1c[nH]c(C=O)n1. The number of amides is 1. The molecule has 0 saturated heterocycles. The Hall–Kier alpha value is -1.85. The van der Waals surface area contributed by atoms with Gasteiger partial charge < -0.3 is 9.72 Å². The maximum atomic E-state index is 11.6. The molecule has 0 bridgehead atoms. The summed E-state index contributed by atoms with van der Waals surface area (Å²) < 4.78 is 5.14. The third kappa shape index (κ3) is 3.08. The number of carbonyl (C=O) groups excluding carboxylic acids is 2. The number of rotatable bonds is 2. The number of nitrogens with one attached hydrogen (secondary N) is 1. The van der Waals surface area contributed by atoms with Gasteiger partial charge in [-0.1, -0.05) is 0 Å². The molecular weight excluding hydrogens is 210 g/mol. The molecule has 1 aromatic heterocycles. The summed E-state index contributed by atoms with van der Waals surface area (Å²) in [5.74, 6) is 0.516. The van der Waals surface area contributed by atoms with Crippen LogP contribution in [-0.4, -0.2) is 35.0 Å². The van der Waals surface area contributed by atoms with E-state index in [2.05, 4.69) is 9.97 Å². The fourth-order valence-corrected chi connectivity index (χ4v) is 0.983. The molecule has 0 aliphatic carbocycles. The molecule has 0 aliphatic heterocycles. The Morgan fingerprint density at radius 3 is 2.62 bits per heavy atom. The predicted octanol–water partition coefficient (Wildman–Crippen LogP) is 1.59. The number of aromatic amines is 1. The quantitative estimate of drug-likeness (QED) is 0.775. The van der Waals surface area contributed by atoms with Crippen LogP contribution in [0, 0.1) is 0 Å². The van der Waals surface area contributed by atoms with Crippen LogP contribution in [0.15, 0.2) is 6.20 Å². The van der Waals surface area contributed by atoms with Gasteiger partial charge in [0.2, 0.25) is 0 Å². The minimum Gasteiger partial charge on any atom is -0.443 e. The lowest BCUT2D eigenvalue weighted by Crippen LogP contribution is -2.34. The van der Waals surface area contributed by atoms with Gasteiger partial charge in [-0.15, -0.1) is 0 Å². The van der Waals surface area contributed by atoms with Crippen LogP contribution in [-0.2, 0) is 4.74 Å². The second kappa shape index (κ2) is 4.34. The van der Waals surface area contributed by atoms with Crippen molar-refractivity contribution < 1.29 is 14.3 Å². The zero-order valence-electron chi connectivity index (χ0n) is 9.77. The average molecular weight is 225 g/mol. The van der Waals surface area contributed by atoms with Crippen LogP contribution in [0.1, 0.15) is 31.4 Å². The molecule has 1 N–H and O–H groups in total. The Kier molecular flexibility index (Phi) is 3.31. The van der Waals surface area contributed by atoms with Crippen molar-refractivity contribution in [3.8, 4) is 0 Å². The second-order valence-corrected chi connectivity index (χ2v) is 4.30. The molecule has 0 saturated carbocycles. The fraction of sp³-hybridized carbons (Fsp3) is 0.500. The third-order valence-corrected chi connectivity index (χ3v) is 1.71. The number of ether oxygens (including phenoxy) is 1. The third-order valence-electron chi connectivity index (χ3n) is 1.71. The fourth-order valence-electron chi connectivity index (χ4n) is 0.983. The van der Waals surface area contributed by atoms with Crippen molar-refractivity contribution in [2.45, 2.75) is 26.4 Å². The lowest BCUT2D eigenvalue weighted by molar-refractivity contribution is 0.0588. The summed E-state index contributed by atoms with van der Waals surface area (Å²) in [5.41, 5.74) is -0.560. The molecule has 88 valence electrons. The van der Waals surface area contributed by atoms with E-state index in [1.807, 2.05) is 0 Å². The van der Waals surface area contributed by atoms with E-state index in [1.54, 1.807) is 20.8 Å². The smallest absolute Gasteiger partial charge is 0.415 e. The summed E-state index contributed by atoms with van der Waals surface area (Å²) in [7, 11) is 1.53. The van der Waals surface area contributed by atoms with Gasteiger partial charge >= 0.3 is 6.09 Å². The molecule has 0 spiro atoms. The zero-order chi connectivity index (χ0) is 12.3. The molecule has 0 radical (unpaired) electrons. The Labute approximate surface area is 93.6 Å². The highest BCUT2D eigenvalue weighted by Crippen LogP contribution is 2.14. The van der Waals surface area contributed by atoms with Crippen molar-refractivity contribution in [2.24, 2.45) is 0 Å². The van der Waals surface area contributed by atoms with E-state index in [-0.39, 0.29) is 5.82 Å². The molecule has 1 amide bonds. The Morgan fingerprint density at radius 1 is 1.56 bits per heavy atom. The van der Waals surface area contributed by atoms with Crippen LogP contribution in [0.2, 0.25) is 0 Å². The largest absolute Gasteiger partial charge is 0.443 e. The molecule has 6 heteroatoms. The van der Waals surface area contributed by atoms with Crippen molar-refractivity contribution in [1.29, 1.82) is 0 Å². The molecule has 0 aliphatic rings. The van der Waals surface area contributed by atoms with E-state index in [4.69, 9.17) is 4.74 Å². The minimum atomic E-state index is -0.560. The van der Waals surface area contributed by atoms with E-state index in [0.717, 1.165) is 0 Å². The van der Waals surface area contributed by atoms with E-state index in [1.165, 1.54) is 18.1 Å². The molecule has 1 aromatic rings. The Balaban J connectivity index is 2.74. The van der Waals surface area contributed by atoms with Gasteiger partial charge in [0.1, 0.15) is 5.60 Å². The number of nitrogens with zero attached hydrogens (tertiary/aromatic N) is 2. The number of carbonyl (C=O) groups is 2. The predicted molar refractivity (Wildman–Crippen MR) is 58.6 cm³/mol. The van der Waals surface area contributed by atoms with Gasteiger partial charge in [-0.2, -0.15) is 0 Å². The van der Waals surface area contributed by atoms with Crippen molar-refractivity contribution >= 4 is 18.2 Å². The van der Waals surface area contributed by atoms with Gasteiger partial charge in [0, 0.05) is 13.2 Å². The number of aldehydes is 1. The monoisotopic (exact) mass is 225 g/mol. The maximum Gasteiger partial charge on any atom is 0.415 e. The molecule has 6 nitrogen and oxygen atoms in total. The Bertz CT molecular complexity index is 392. The van der Waals surface area contributed by atoms with Gasteiger partial charge in [0.25, 0.3) is 0 Å². The lowest BCUT2D eigenvalue weighted by atomic mass is 10.2. The lowest BCUT2D eigenvalue weighted by Gasteiger charge is -2.23. The van der Waals surface area contributed by atoms with Crippen LogP contribution in [0.4, 0.5) is 10.6 Å². The minimum absolute atomic E-state index is 0.172. The summed E-state index contributed by atoms with van der Waals surface area (Å²) in [6, 6.07) is 0.